The van der Waals surface area contributed by atoms with Crippen molar-refractivity contribution in [3.05, 3.63) is 35.9 Å². The third-order valence-corrected chi connectivity index (χ3v) is 2.79. The van der Waals surface area contributed by atoms with Gasteiger partial charge in [0.05, 0.1) is 0 Å². The fourth-order valence-electron chi connectivity index (χ4n) is 1.03. The molecule has 1 aromatic carbocycles. The van der Waals surface area contributed by atoms with Gasteiger partial charge >= 0.3 is 0 Å². The summed E-state index contributed by atoms with van der Waals surface area (Å²) in [5.41, 5.74) is 0.144. The highest BCUT2D eigenvalue weighted by Crippen LogP contribution is 2.13. The van der Waals surface area contributed by atoms with Crippen LogP contribution in [0.25, 0.3) is 0 Å². The second-order valence-electron chi connectivity index (χ2n) is 3.79. The Morgan fingerprint density at radius 3 is 2.53 bits per heavy atom. The minimum Gasteiger partial charge on any atom is -0.377 e. The number of thiol groups is 1. The van der Waals surface area contributed by atoms with Gasteiger partial charge in [-0.1, -0.05) is 42.2 Å². The Bertz CT molecular complexity index is 357. The first-order valence-electron chi connectivity index (χ1n) is 4.97. The Kier molecular flexibility index (Phi) is 4.26. The van der Waals surface area contributed by atoms with Gasteiger partial charge in [0, 0.05) is 11.7 Å². The van der Waals surface area contributed by atoms with E-state index < -0.39 is 5.60 Å². The minimum absolute atomic E-state index is 0.152. The molecule has 1 nitrogen and oxygen atoms in total. The highest BCUT2D eigenvalue weighted by molar-refractivity contribution is 7.81. The van der Waals surface area contributed by atoms with Gasteiger partial charge in [-0.25, -0.2) is 0 Å². The number of benzene rings is 1. The Morgan fingerprint density at radius 2 is 2.00 bits per heavy atom. The summed E-state index contributed by atoms with van der Waals surface area (Å²) in [6.07, 6.45) is 0.664. The molecule has 0 bridgehead atoms. The van der Waals surface area contributed by atoms with Crippen molar-refractivity contribution in [3.8, 4) is 11.8 Å². The molecule has 2 atom stereocenters. The van der Waals surface area contributed by atoms with Crippen LogP contribution >= 0.6 is 12.6 Å². The van der Waals surface area contributed by atoms with Crippen molar-refractivity contribution in [1.82, 2.24) is 0 Å². The van der Waals surface area contributed by atoms with Gasteiger partial charge < -0.3 is 5.11 Å². The Labute approximate surface area is 96.9 Å². The van der Waals surface area contributed by atoms with Crippen LogP contribution in [0.15, 0.2) is 30.3 Å². The lowest BCUT2D eigenvalue weighted by Crippen LogP contribution is -2.31. The average molecular weight is 220 g/mol. The van der Waals surface area contributed by atoms with Crippen LogP contribution < -0.4 is 0 Å². The van der Waals surface area contributed by atoms with Gasteiger partial charge in [0.2, 0.25) is 0 Å². The lowest BCUT2D eigenvalue weighted by Gasteiger charge is -2.19. The molecule has 0 radical (unpaired) electrons. The standard InChI is InChI=1S/C13H16OS/c1-11(15)13(2,14)10-6-9-12-7-4-3-5-8-12/h3-5,7-8,11,14-15H,9H2,1-2H3. The Morgan fingerprint density at radius 1 is 1.40 bits per heavy atom. The van der Waals surface area contributed by atoms with Crippen LogP contribution in [0.3, 0.4) is 0 Å². The molecule has 0 saturated heterocycles. The molecule has 2 unspecified atom stereocenters. The second kappa shape index (κ2) is 5.25. The average Bonchev–Trinajstić information content (AvgIpc) is 2.19. The molecule has 0 heterocycles. The van der Waals surface area contributed by atoms with Crippen molar-refractivity contribution in [2.45, 2.75) is 31.1 Å². The molecule has 0 amide bonds. The monoisotopic (exact) mass is 220 g/mol. The lowest BCUT2D eigenvalue weighted by molar-refractivity contribution is 0.124. The molecule has 2 heteroatoms. The van der Waals surface area contributed by atoms with E-state index in [2.05, 4.69) is 24.5 Å². The highest BCUT2D eigenvalue weighted by Gasteiger charge is 2.22. The molecule has 0 spiro atoms. The van der Waals surface area contributed by atoms with E-state index in [0.717, 1.165) is 5.56 Å². The van der Waals surface area contributed by atoms with Crippen LogP contribution in [0, 0.1) is 11.8 Å². The highest BCUT2D eigenvalue weighted by atomic mass is 32.1. The second-order valence-corrected chi connectivity index (χ2v) is 4.56. The van der Waals surface area contributed by atoms with Crippen molar-refractivity contribution in [3.63, 3.8) is 0 Å². The van der Waals surface area contributed by atoms with E-state index in [9.17, 15) is 5.11 Å². The van der Waals surface area contributed by atoms with Crippen molar-refractivity contribution < 1.29 is 5.11 Å². The molecule has 0 aromatic heterocycles. The van der Waals surface area contributed by atoms with E-state index in [0.29, 0.717) is 6.42 Å². The predicted molar refractivity (Wildman–Crippen MR) is 67.0 cm³/mol. The zero-order chi connectivity index (χ0) is 11.3. The number of rotatable bonds is 2. The fourth-order valence-corrected chi connectivity index (χ4v) is 1.09. The SMILES string of the molecule is CC(S)C(C)(O)C#CCc1ccccc1. The van der Waals surface area contributed by atoms with Crippen molar-refractivity contribution in [1.29, 1.82) is 0 Å². The van der Waals surface area contributed by atoms with Crippen LogP contribution in [-0.2, 0) is 6.42 Å². The maximum absolute atomic E-state index is 9.82. The molecular weight excluding hydrogens is 204 g/mol. The summed E-state index contributed by atoms with van der Waals surface area (Å²) in [5, 5.41) is 9.67. The van der Waals surface area contributed by atoms with Gasteiger partial charge in [0.15, 0.2) is 0 Å². The van der Waals surface area contributed by atoms with E-state index in [1.54, 1.807) is 6.92 Å². The van der Waals surface area contributed by atoms with Gasteiger partial charge in [0.1, 0.15) is 5.60 Å². The van der Waals surface area contributed by atoms with E-state index in [-0.39, 0.29) is 5.25 Å². The van der Waals surface area contributed by atoms with Crippen molar-refractivity contribution >= 4 is 12.6 Å². The zero-order valence-corrected chi connectivity index (χ0v) is 9.96. The van der Waals surface area contributed by atoms with Crippen molar-refractivity contribution in [2.24, 2.45) is 0 Å². The molecule has 1 aromatic rings. The molecular formula is C13H16OS. The summed E-state index contributed by atoms with van der Waals surface area (Å²) in [6, 6.07) is 9.98. The van der Waals surface area contributed by atoms with Crippen LogP contribution in [0.5, 0.6) is 0 Å². The quantitative estimate of drug-likeness (QED) is 0.579. The third-order valence-electron chi connectivity index (χ3n) is 2.29. The fraction of sp³-hybridized carbons (Fsp3) is 0.385. The maximum atomic E-state index is 9.82. The summed E-state index contributed by atoms with van der Waals surface area (Å²) >= 11 is 4.19. The molecule has 1 N–H and O–H groups in total. The summed E-state index contributed by atoms with van der Waals surface area (Å²) in [7, 11) is 0. The van der Waals surface area contributed by atoms with Crippen LogP contribution in [0.1, 0.15) is 19.4 Å². The zero-order valence-electron chi connectivity index (χ0n) is 9.07. The first-order chi connectivity index (χ1) is 7.02. The van der Waals surface area contributed by atoms with Gasteiger partial charge in [-0.15, -0.1) is 0 Å². The Hall–Kier alpha value is -0.910. The van der Waals surface area contributed by atoms with E-state index in [4.69, 9.17) is 0 Å². The van der Waals surface area contributed by atoms with Gasteiger partial charge in [-0.2, -0.15) is 12.6 Å². The molecule has 0 aliphatic rings. The van der Waals surface area contributed by atoms with E-state index >= 15 is 0 Å². The van der Waals surface area contributed by atoms with Crippen LogP contribution in [0.4, 0.5) is 0 Å². The molecule has 0 fully saturated rings. The lowest BCUT2D eigenvalue weighted by atomic mass is 10.0. The summed E-state index contributed by atoms with van der Waals surface area (Å²) in [6.45, 7) is 3.52. The molecule has 1 rings (SSSR count). The van der Waals surface area contributed by atoms with Gasteiger partial charge in [-0.3, -0.25) is 0 Å². The maximum Gasteiger partial charge on any atom is 0.133 e. The topological polar surface area (TPSA) is 20.2 Å². The first-order valence-corrected chi connectivity index (χ1v) is 5.48. The van der Waals surface area contributed by atoms with Gasteiger partial charge in [0.25, 0.3) is 0 Å². The first kappa shape index (κ1) is 12.2. The Balaban J connectivity index is 2.61. The normalized spacial score (nSPS) is 16.0. The van der Waals surface area contributed by atoms with E-state index in [1.807, 2.05) is 37.3 Å². The van der Waals surface area contributed by atoms with Crippen LogP contribution in [-0.4, -0.2) is 16.0 Å². The number of hydrogen-bond donors (Lipinski definition) is 2. The summed E-state index contributed by atoms with van der Waals surface area (Å²) in [5.74, 6) is 5.81. The molecule has 80 valence electrons. The number of aliphatic hydroxyl groups is 1. The predicted octanol–water partition coefficient (Wildman–Crippen LogP) is 2.30. The minimum atomic E-state index is -1.02. The molecule has 0 aliphatic carbocycles. The summed E-state index contributed by atoms with van der Waals surface area (Å²) in [4.78, 5) is 0. The molecule has 0 aliphatic heterocycles. The van der Waals surface area contributed by atoms with Crippen molar-refractivity contribution in [2.75, 3.05) is 0 Å². The summed E-state index contributed by atoms with van der Waals surface area (Å²) < 4.78 is 0. The number of hydrogen-bond acceptors (Lipinski definition) is 2. The third kappa shape index (κ3) is 3.99. The molecule has 0 saturated carbocycles. The van der Waals surface area contributed by atoms with E-state index in [1.165, 1.54) is 0 Å². The molecule has 15 heavy (non-hydrogen) atoms. The largest absolute Gasteiger partial charge is 0.377 e. The van der Waals surface area contributed by atoms with Gasteiger partial charge in [-0.05, 0) is 19.4 Å². The smallest absolute Gasteiger partial charge is 0.133 e. The van der Waals surface area contributed by atoms with Crippen LogP contribution in [0.2, 0.25) is 0 Å².